The maximum absolute atomic E-state index is 12.3. The van der Waals surface area contributed by atoms with E-state index >= 15 is 0 Å². The average molecular weight is 403 g/mol. The fourth-order valence-electron chi connectivity index (χ4n) is 2.75. The highest BCUT2D eigenvalue weighted by atomic mass is 32.2. The van der Waals surface area contributed by atoms with Crippen molar-refractivity contribution in [2.24, 2.45) is 5.73 Å². The van der Waals surface area contributed by atoms with Gasteiger partial charge in [0.25, 0.3) is 0 Å². The van der Waals surface area contributed by atoms with Crippen LogP contribution in [0.4, 0.5) is 0 Å². The number of ether oxygens (including phenoxy) is 2. The number of rotatable bonds is 9. The minimum Gasteiger partial charge on any atom is -0.477 e. The van der Waals surface area contributed by atoms with Crippen LogP contribution >= 0.6 is 0 Å². The van der Waals surface area contributed by atoms with Gasteiger partial charge in [0, 0.05) is 11.8 Å². The average Bonchev–Trinajstić information content (AvgIpc) is 2.70. The van der Waals surface area contributed by atoms with E-state index in [1.807, 2.05) is 25.1 Å². The molecule has 0 aliphatic rings. The van der Waals surface area contributed by atoms with Gasteiger partial charge in [-0.2, -0.15) is 0 Å². The molecule has 0 saturated heterocycles. The van der Waals surface area contributed by atoms with E-state index in [-0.39, 0.29) is 5.84 Å². The summed E-state index contributed by atoms with van der Waals surface area (Å²) >= 11 is 0. The Morgan fingerprint density at radius 2 is 1.82 bits per heavy atom. The maximum atomic E-state index is 12.3. The standard InChI is InChI=1S/C21H26N2O4S/c1-4-5-6-18(21(24)26-2)27-17-12-11-16(13-19(17)28(3)25)14-7-9-15(10-8-14)20(22)23/h7-13,18H,4-6H2,1-3H3,(H3,22,23). The molecule has 2 aromatic carbocycles. The molecular weight excluding hydrogens is 376 g/mol. The second-order valence-corrected chi connectivity index (χ2v) is 7.73. The Balaban J connectivity index is 2.35. The van der Waals surface area contributed by atoms with Gasteiger partial charge in [-0.1, -0.05) is 43.7 Å². The second-order valence-electron chi connectivity index (χ2n) is 6.38. The summed E-state index contributed by atoms with van der Waals surface area (Å²) in [7, 11) is 0.0259. The highest BCUT2D eigenvalue weighted by Gasteiger charge is 2.23. The lowest BCUT2D eigenvalue weighted by atomic mass is 10.0. The SMILES string of the molecule is CCCCC(Oc1ccc(-c2ccc(C(=N)N)cc2)cc1S(C)=O)C(=O)OC. The van der Waals surface area contributed by atoms with Crippen LogP contribution in [0.1, 0.15) is 31.7 Å². The highest BCUT2D eigenvalue weighted by Crippen LogP contribution is 2.30. The largest absolute Gasteiger partial charge is 0.477 e. The van der Waals surface area contributed by atoms with Crippen molar-refractivity contribution in [3.63, 3.8) is 0 Å². The monoisotopic (exact) mass is 402 g/mol. The van der Waals surface area contributed by atoms with Crippen molar-refractivity contribution < 1.29 is 18.5 Å². The van der Waals surface area contributed by atoms with E-state index in [0.717, 1.165) is 24.0 Å². The summed E-state index contributed by atoms with van der Waals surface area (Å²) in [6.45, 7) is 2.03. The Kier molecular flexibility index (Phi) is 7.75. The topological polar surface area (TPSA) is 102 Å². The van der Waals surface area contributed by atoms with E-state index < -0.39 is 22.9 Å². The molecule has 0 radical (unpaired) electrons. The Labute approximate surface area is 168 Å². The van der Waals surface area contributed by atoms with Crippen LogP contribution in [0.5, 0.6) is 5.75 Å². The van der Waals surface area contributed by atoms with E-state index in [1.165, 1.54) is 7.11 Å². The van der Waals surface area contributed by atoms with Gasteiger partial charge in [0.05, 0.1) is 22.8 Å². The molecular formula is C21H26N2O4S. The van der Waals surface area contributed by atoms with E-state index in [1.54, 1.807) is 30.5 Å². The first kappa shape index (κ1) is 21.6. The van der Waals surface area contributed by atoms with Crippen LogP contribution in [-0.4, -0.2) is 35.5 Å². The van der Waals surface area contributed by atoms with Gasteiger partial charge in [-0.25, -0.2) is 4.79 Å². The Hall–Kier alpha value is -2.67. The molecule has 0 amide bonds. The van der Waals surface area contributed by atoms with E-state index in [2.05, 4.69) is 0 Å². The molecule has 0 aromatic heterocycles. The first-order valence-corrected chi connectivity index (χ1v) is 10.6. The summed E-state index contributed by atoms with van der Waals surface area (Å²) in [4.78, 5) is 12.5. The third kappa shape index (κ3) is 5.42. The zero-order chi connectivity index (χ0) is 20.7. The number of nitrogens with two attached hydrogens (primary N) is 1. The van der Waals surface area contributed by atoms with Crippen molar-refractivity contribution >= 4 is 22.6 Å². The molecule has 0 aliphatic heterocycles. The summed E-state index contributed by atoms with van der Waals surface area (Å²) < 4.78 is 23.0. The van der Waals surface area contributed by atoms with Crippen LogP contribution < -0.4 is 10.5 Å². The third-order valence-electron chi connectivity index (χ3n) is 4.34. The fourth-order valence-corrected chi connectivity index (χ4v) is 3.44. The number of benzene rings is 2. The number of hydrogen-bond donors (Lipinski definition) is 2. The van der Waals surface area contributed by atoms with Gasteiger partial charge in [0.15, 0.2) is 6.10 Å². The lowest BCUT2D eigenvalue weighted by molar-refractivity contribution is -0.149. The van der Waals surface area contributed by atoms with Crippen molar-refractivity contribution in [3.05, 3.63) is 48.0 Å². The minimum atomic E-state index is -1.30. The van der Waals surface area contributed by atoms with E-state index in [0.29, 0.717) is 22.6 Å². The molecule has 150 valence electrons. The van der Waals surface area contributed by atoms with Gasteiger partial charge in [0.2, 0.25) is 0 Å². The number of nitrogen functional groups attached to an aromatic ring is 1. The molecule has 0 saturated carbocycles. The van der Waals surface area contributed by atoms with Gasteiger partial charge >= 0.3 is 5.97 Å². The number of methoxy groups -OCH3 is 1. The Bertz CT molecular complexity index is 865. The van der Waals surface area contributed by atoms with E-state index in [4.69, 9.17) is 20.6 Å². The van der Waals surface area contributed by atoms with Gasteiger partial charge in [-0.3, -0.25) is 9.62 Å². The lowest BCUT2D eigenvalue weighted by Gasteiger charge is -2.19. The number of nitrogens with one attached hydrogen (secondary N) is 1. The van der Waals surface area contributed by atoms with Crippen molar-refractivity contribution in [2.45, 2.75) is 37.2 Å². The molecule has 2 rings (SSSR count). The zero-order valence-electron chi connectivity index (χ0n) is 16.4. The molecule has 0 fully saturated rings. The first-order valence-electron chi connectivity index (χ1n) is 9.04. The van der Waals surface area contributed by atoms with Gasteiger partial charge in [-0.15, -0.1) is 0 Å². The van der Waals surface area contributed by atoms with Crippen LogP contribution in [0.3, 0.4) is 0 Å². The van der Waals surface area contributed by atoms with Crippen molar-refractivity contribution in [2.75, 3.05) is 13.4 Å². The van der Waals surface area contributed by atoms with Crippen LogP contribution in [-0.2, 0) is 20.3 Å². The van der Waals surface area contributed by atoms with Crippen LogP contribution in [0.2, 0.25) is 0 Å². The smallest absolute Gasteiger partial charge is 0.347 e. The normalized spacial score (nSPS) is 12.8. The van der Waals surface area contributed by atoms with Crippen LogP contribution in [0, 0.1) is 5.41 Å². The number of unbranched alkanes of at least 4 members (excludes halogenated alkanes) is 1. The molecule has 7 heteroatoms. The Morgan fingerprint density at radius 1 is 1.18 bits per heavy atom. The number of hydrogen-bond acceptors (Lipinski definition) is 5. The molecule has 0 spiro atoms. The predicted octanol–water partition coefficient (Wildman–Crippen LogP) is 3.49. The lowest BCUT2D eigenvalue weighted by Crippen LogP contribution is -2.29. The summed E-state index contributed by atoms with van der Waals surface area (Å²) in [6.07, 6.45) is 3.13. The second kappa shape index (κ2) is 10.0. The molecule has 28 heavy (non-hydrogen) atoms. The third-order valence-corrected chi connectivity index (χ3v) is 5.27. The molecule has 6 nitrogen and oxygen atoms in total. The summed E-state index contributed by atoms with van der Waals surface area (Å²) in [5.74, 6) is -0.0202. The van der Waals surface area contributed by atoms with Crippen LogP contribution in [0.15, 0.2) is 47.4 Å². The van der Waals surface area contributed by atoms with Crippen molar-refractivity contribution in [3.8, 4) is 16.9 Å². The van der Waals surface area contributed by atoms with Crippen LogP contribution in [0.25, 0.3) is 11.1 Å². The molecule has 3 N–H and O–H groups in total. The number of esters is 1. The molecule has 0 aliphatic carbocycles. The number of amidine groups is 1. The molecule has 2 atom stereocenters. The minimum absolute atomic E-state index is 0.00609. The predicted molar refractivity (Wildman–Crippen MR) is 111 cm³/mol. The number of carbonyl (C=O) groups excluding carboxylic acids is 1. The molecule has 0 bridgehead atoms. The van der Waals surface area contributed by atoms with Gasteiger partial charge in [0.1, 0.15) is 11.6 Å². The summed E-state index contributed by atoms with van der Waals surface area (Å²) in [5, 5.41) is 7.48. The quantitative estimate of drug-likeness (QED) is 0.380. The summed E-state index contributed by atoms with van der Waals surface area (Å²) in [6, 6.07) is 12.6. The molecule has 2 aromatic rings. The van der Waals surface area contributed by atoms with Gasteiger partial charge in [-0.05, 0) is 36.1 Å². The zero-order valence-corrected chi connectivity index (χ0v) is 17.2. The maximum Gasteiger partial charge on any atom is 0.347 e. The van der Waals surface area contributed by atoms with Crippen molar-refractivity contribution in [1.82, 2.24) is 0 Å². The van der Waals surface area contributed by atoms with E-state index in [9.17, 15) is 9.00 Å². The highest BCUT2D eigenvalue weighted by molar-refractivity contribution is 7.84. The molecule has 0 heterocycles. The Morgan fingerprint density at radius 3 is 2.36 bits per heavy atom. The summed E-state index contributed by atoms with van der Waals surface area (Å²) in [5.41, 5.74) is 7.89. The van der Waals surface area contributed by atoms with Gasteiger partial charge < -0.3 is 15.2 Å². The fraction of sp³-hybridized carbons (Fsp3) is 0.333. The molecule has 2 unspecified atom stereocenters. The van der Waals surface area contributed by atoms with Crippen molar-refractivity contribution in [1.29, 1.82) is 5.41 Å². The number of carbonyl (C=O) groups is 1. The first-order chi connectivity index (χ1) is 13.4.